The number of guanidine groups is 1. The fourth-order valence-electron chi connectivity index (χ4n) is 4.74. The Hall–Kier alpha value is -2.97. The molecular weight excluding hydrogens is 461 g/mol. The summed E-state index contributed by atoms with van der Waals surface area (Å²) in [4.78, 5) is 14.7. The molecule has 0 aliphatic carbocycles. The van der Waals surface area contributed by atoms with Crippen LogP contribution >= 0.6 is 7.26 Å². The maximum atomic E-state index is 13.0. The van der Waals surface area contributed by atoms with Crippen LogP contribution in [-0.2, 0) is 4.79 Å². The lowest BCUT2D eigenvalue weighted by molar-refractivity contribution is -0.127. The van der Waals surface area contributed by atoms with Gasteiger partial charge in [0.25, 0.3) is 0 Å². The largest absolute Gasteiger partial charge is 0.370 e. The molecule has 0 heterocycles. The molecule has 3 N–H and O–H groups in total. The van der Waals surface area contributed by atoms with Crippen LogP contribution in [0.3, 0.4) is 0 Å². The molecule has 0 unspecified atom stereocenters. The Balaban J connectivity index is 1.71. The summed E-state index contributed by atoms with van der Waals surface area (Å²) in [5.41, 5.74) is 5.14. The lowest BCUT2D eigenvalue weighted by atomic mass is 9.82. The highest BCUT2D eigenvalue weighted by atomic mass is 31.2. The second-order valence-corrected chi connectivity index (χ2v) is 13.8. The van der Waals surface area contributed by atoms with Crippen LogP contribution in [0.5, 0.6) is 0 Å². The van der Waals surface area contributed by atoms with E-state index in [-0.39, 0.29) is 5.96 Å². The SMILES string of the molecule is CN(CCC(C)(C)C(=O)CCCCC[P+](c1ccccc1)(c1ccccc1)c1ccccc1)C(=N)N. The van der Waals surface area contributed by atoms with Gasteiger partial charge in [-0.1, -0.05) is 68.4 Å². The number of hydrogen-bond donors (Lipinski definition) is 2. The number of unbranched alkanes of at least 4 members (excludes halogenated alkanes) is 2. The minimum atomic E-state index is -1.80. The zero-order valence-corrected chi connectivity index (χ0v) is 22.9. The van der Waals surface area contributed by atoms with Gasteiger partial charge in [-0.15, -0.1) is 0 Å². The molecule has 190 valence electrons. The van der Waals surface area contributed by atoms with Crippen LogP contribution in [0.1, 0.15) is 46.0 Å². The molecule has 0 aliphatic rings. The van der Waals surface area contributed by atoms with E-state index in [1.165, 1.54) is 15.9 Å². The van der Waals surface area contributed by atoms with Gasteiger partial charge in [0.15, 0.2) is 5.96 Å². The van der Waals surface area contributed by atoms with Crippen molar-refractivity contribution in [1.82, 2.24) is 4.90 Å². The van der Waals surface area contributed by atoms with Gasteiger partial charge in [0.1, 0.15) is 29.0 Å². The Kier molecular flexibility index (Phi) is 9.84. The minimum absolute atomic E-state index is 0.0420. The lowest BCUT2D eigenvalue weighted by Gasteiger charge is -2.28. The molecule has 0 saturated carbocycles. The number of nitrogens with zero attached hydrogens (tertiary/aromatic N) is 1. The molecule has 4 nitrogen and oxygen atoms in total. The molecule has 5 heteroatoms. The second kappa shape index (κ2) is 12.8. The number of rotatable bonds is 13. The molecule has 0 radical (unpaired) electrons. The average Bonchev–Trinajstić information content (AvgIpc) is 2.90. The van der Waals surface area contributed by atoms with Crippen molar-refractivity contribution in [2.24, 2.45) is 11.1 Å². The molecule has 3 rings (SSSR count). The summed E-state index contributed by atoms with van der Waals surface area (Å²) in [6.45, 7) is 4.65. The minimum Gasteiger partial charge on any atom is -0.370 e. The van der Waals surface area contributed by atoms with Crippen molar-refractivity contribution in [1.29, 1.82) is 5.41 Å². The smallest absolute Gasteiger partial charge is 0.188 e. The third-order valence-electron chi connectivity index (χ3n) is 7.23. The van der Waals surface area contributed by atoms with E-state index in [1.54, 1.807) is 11.9 Å². The summed E-state index contributed by atoms with van der Waals surface area (Å²) in [6.07, 6.45) is 5.41. The molecule has 0 spiro atoms. The van der Waals surface area contributed by atoms with Crippen LogP contribution in [0.2, 0.25) is 0 Å². The van der Waals surface area contributed by atoms with Crippen LogP contribution in [-0.4, -0.2) is 36.4 Å². The number of nitrogens with one attached hydrogen (secondary N) is 1. The number of ketones is 1. The molecular formula is C31H41N3OP+. The first-order chi connectivity index (χ1) is 17.3. The van der Waals surface area contributed by atoms with Crippen molar-refractivity contribution in [3.05, 3.63) is 91.0 Å². The van der Waals surface area contributed by atoms with Gasteiger partial charge in [0, 0.05) is 25.4 Å². The summed E-state index contributed by atoms with van der Waals surface area (Å²) < 4.78 is 0. The van der Waals surface area contributed by atoms with Crippen LogP contribution < -0.4 is 21.6 Å². The molecule has 36 heavy (non-hydrogen) atoms. The number of carbonyl (C=O) groups excluding carboxylic acids is 1. The zero-order chi connectivity index (χ0) is 26.0. The van der Waals surface area contributed by atoms with E-state index in [9.17, 15) is 4.79 Å². The van der Waals surface area contributed by atoms with E-state index in [4.69, 9.17) is 11.1 Å². The van der Waals surface area contributed by atoms with Crippen molar-refractivity contribution < 1.29 is 4.79 Å². The fourth-order valence-corrected chi connectivity index (χ4v) is 9.15. The van der Waals surface area contributed by atoms with E-state index < -0.39 is 12.7 Å². The third kappa shape index (κ3) is 6.83. The van der Waals surface area contributed by atoms with Gasteiger partial charge in [-0.25, -0.2) is 0 Å². The molecule has 0 aromatic heterocycles. The molecule has 0 amide bonds. The van der Waals surface area contributed by atoms with E-state index in [1.807, 2.05) is 13.8 Å². The molecule has 0 fully saturated rings. The van der Waals surface area contributed by atoms with Gasteiger partial charge in [-0.2, -0.15) is 0 Å². The Morgan fingerprint density at radius 2 is 1.25 bits per heavy atom. The van der Waals surface area contributed by atoms with E-state index in [2.05, 4.69) is 91.0 Å². The molecule has 3 aromatic carbocycles. The van der Waals surface area contributed by atoms with E-state index >= 15 is 0 Å². The van der Waals surface area contributed by atoms with Crippen molar-refractivity contribution in [2.45, 2.75) is 46.0 Å². The number of Topliss-reactive ketones (excluding diaryl/α,β-unsaturated/α-hetero) is 1. The average molecular weight is 503 g/mol. The zero-order valence-electron chi connectivity index (χ0n) is 22.0. The highest BCUT2D eigenvalue weighted by Gasteiger charge is 2.44. The highest BCUT2D eigenvalue weighted by Crippen LogP contribution is 2.56. The number of hydrogen-bond acceptors (Lipinski definition) is 2. The Labute approximate surface area is 217 Å². The standard InChI is InChI=1S/C31H41N3OP/c1-31(2,23-24-34(3)30(32)33)29(35)22-14-7-15-25-36(26-16-8-4-9-17-26,27-18-10-5-11-19-27)28-20-12-6-13-21-28/h4-6,8-13,16-21H,7,14-15,22-25H2,1-3H3,(H3,32,33)/q+1. The maximum absolute atomic E-state index is 13.0. The summed E-state index contributed by atoms with van der Waals surface area (Å²) in [7, 11) is -0.00716. The van der Waals surface area contributed by atoms with Gasteiger partial charge in [-0.05, 0) is 62.1 Å². The van der Waals surface area contributed by atoms with Crippen molar-refractivity contribution in [3.63, 3.8) is 0 Å². The van der Waals surface area contributed by atoms with Gasteiger partial charge in [0.05, 0.1) is 6.16 Å². The van der Waals surface area contributed by atoms with E-state index in [0.29, 0.717) is 25.2 Å². The maximum Gasteiger partial charge on any atom is 0.188 e. The van der Waals surface area contributed by atoms with Crippen molar-refractivity contribution >= 4 is 34.9 Å². The third-order valence-corrected chi connectivity index (χ3v) is 11.8. The molecule has 0 atom stereocenters. The predicted octanol–water partition coefficient (Wildman–Crippen LogP) is 5.35. The monoisotopic (exact) mass is 502 g/mol. The molecule has 0 saturated heterocycles. The topological polar surface area (TPSA) is 70.2 Å². The summed E-state index contributed by atoms with van der Waals surface area (Å²) in [6, 6.07) is 32.9. The Bertz CT molecular complexity index is 1000. The summed E-state index contributed by atoms with van der Waals surface area (Å²) >= 11 is 0. The van der Waals surface area contributed by atoms with Crippen LogP contribution in [0.25, 0.3) is 0 Å². The first kappa shape index (κ1) is 27.6. The van der Waals surface area contributed by atoms with Crippen LogP contribution in [0, 0.1) is 10.8 Å². The van der Waals surface area contributed by atoms with Gasteiger partial charge < -0.3 is 10.6 Å². The van der Waals surface area contributed by atoms with Crippen molar-refractivity contribution in [3.8, 4) is 0 Å². The second-order valence-electron chi connectivity index (χ2n) is 10.2. The number of carbonyl (C=O) groups is 1. The number of nitrogens with two attached hydrogens (primary N) is 1. The first-order valence-corrected chi connectivity index (χ1v) is 14.9. The van der Waals surface area contributed by atoms with E-state index in [0.717, 1.165) is 25.4 Å². The fraction of sp³-hybridized carbons (Fsp3) is 0.355. The highest BCUT2D eigenvalue weighted by molar-refractivity contribution is 7.95. The lowest BCUT2D eigenvalue weighted by Crippen LogP contribution is -2.37. The van der Waals surface area contributed by atoms with Crippen LogP contribution in [0.4, 0.5) is 0 Å². The van der Waals surface area contributed by atoms with Gasteiger partial charge >= 0.3 is 0 Å². The normalized spacial score (nSPS) is 11.8. The molecule has 0 bridgehead atoms. The Morgan fingerprint density at radius 3 is 1.67 bits per heavy atom. The Morgan fingerprint density at radius 1 is 0.806 bits per heavy atom. The van der Waals surface area contributed by atoms with Crippen LogP contribution in [0.15, 0.2) is 91.0 Å². The quantitative estimate of drug-likeness (QED) is 0.143. The van der Waals surface area contributed by atoms with Gasteiger partial charge in [-0.3, -0.25) is 10.2 Å². The predicted molar refractivity (Wildman–Crippen MR) is 156 cm³/mol. The molecule has 0 aliphatic heterocycles. The summed E-state index contributed by atoms with van der Waals surface area (Å²) in [5, 5.41) is 11.8. The number of benzene rings is 3. The summed E-state index contributed by atoms with van der Waals surface area (Å²) in [5.74, 6) is 0.343. The van der Waals surface area contributed by atoms with Crippen molar-refractivity contribution in [2.75, 3.05) is 19.8 Å². The van der Waals surface area contributed by atoms with Gasteiger partial charge in [0.2, 0.25) is 0 Å². The molecule has 3 aromatic rings. The first-order valence-electron chi connectivity index (χ1n) is 12.9.